The topological polar surface area (TPSA) is 51.1 Å². The molecule has 0 unspecified atom stereocenters. The van der Waals surface area contributed by atoms with Crippen LogP contribution in [0.3, 0.4) is 0 Å². The Hall–Kier alpha value is -0.810. The van der Waals surface area contributed by atoms with Gasteiger partial charge in [0.25, 0.3) is 0 Å². The van der Waals surface area contributed by atoms with Crippen LogP contribution in [0, 0.1) is 0 Å². The lowest BCUT2D eigenvalue weighted by molar-refractivity contribution is 0.463. The van der Waals surface area contributed by atoms with Crippen LogP contribution in [0.2, 0.25) is 0 Å². The molecule has 4 nitrogen and oxygen atoms in total. The highest BCUT2D eigenvalue weighted by Crippen LogP contribution is 2.12. The maximum absolute atomic E-state index is 11.2. The van der Waals surface area contributed by atoms with Crippen molar-refractivity contribution in [2.24, 2.45) is 7.05 Å². The van der Waals surface area contributed by atoms with Crippen molar-refractivity contribution in [3.63, 3.8) is 0 Å². The number of sulfone groups is 1. The smallest absolute Gasteiger partial charge is 0.150 e. The lowest BCUT2D eigenvalue weighted by Crippen LogP contribution is -2.37. The van der Waals surface area contributed by atoms with Crippen LogP contribution in [0.1, 0.15) is 18.4 Å². The fourth-order valence-corrected chi connectivity index (χ4v) is 3.51. The lowest BCUT2D eigenvalue weighted by atomic mass is 10.1. The monoisotopic (exact) mass is 242 g/mol. The zero-order valence-electron chi connectivity index (χ0n) is 9.52. The molecule has 2 heterocycles. The Morgan fingerprint density at radius 1 is 1.44 bits per heavy atom. The van der Waals surface area contributed by atoms with Gasteiger partial charge in [0, 0.05) is 32.0 Å². The number of aromatic nitrogens is 1. The van der Waals surface area contributed by atoms with E-state index in [4.69, 9.17) is 0 Å². The fourth-order valence-electron chi connectivity index (χ4n) is 2.02. The molecule has 1 N–H and O–H groups in total. The summed E-state index contributed by atoms with van der Waals surface area (Å²) in [6.45, 7) is 0.825. The highest BCUT2D eigenvalue weighted by molar-refractivity contribution is 7.91. The molecule has 1 aliphatic heterocycles. The molecule has 1 saturated heterocycles. The first-order valence-corrected chi connectivity index (χ1v) is 7.42. The van der Waals surface area contributed by atoms with Crippen LogP contribution >= 0.6 is 0 Å². The fraction of sp³-hybridized carbons (Fsp3) is 0.636. The van der Waals surface area contributed by atoms with Crippen LogP contribution in [0.5, 0.6) is 0 Å². The van der Waals surface area contributed by atoms with Crippen molar-refractivity contribution in [3.05, 3.63) is 24.0 Å². The summed E-state index contributed by atoms with van der Waals surface area (Å²) in [5.74, 6) is 0.666. The van der Waals surface area contributed by atoms with Gasteiger partial charge in [-0.25, -0.2) is 8.42 Å². The third-order valence-corrected chi connectivity index (χ3v) is 4.76. The average Bonchev–Trinajstić information content (AvgIpc) is 2.63. The number of hydrogen-bond acceptors (Lipinski definition) is 3. The normalized spacial score (nSPS) is 21.1. The first-order valence-electron chi connectivity index (χ1n) is 5.60. The van der Waals surface area contributed by atoms with E-state index in [1.807, 2.05) is 17.8 Å². The summed E-state index contributed by atoms with van der Waals surface area (Å²) in [6.07, 6.45) is 5.58. The minimum Gasteiger partial charge on any atom is -0.357 e. The van der Waals surface area contributed by atoms with Gasteiger partial charge in [0.05, 0.1) is 11.5 Å². The second kappa shape index (κ2) is 4.59. The molecule has 0 saturated carbocycles. The SMILES string of the molecule is Cn1ccc(CNC2CCS(=O)(=O)CC2)c1. The maximum Gasteiger partial charge on any atom is 0.150 e. The largest absolute Gasteiger partial charge is 0.357 e. The molecule has 1 aliphatic rings. The van der Waals surface area contributed by atoms with E-state index in [2.05, 4.69) is 17.6 Å². The van der Waals surface area contributed by atoms with Crippen molar-refractivity contribution in [1.29, 1.82) is 0 Å². The van der Waals surface area contributed by atoms with Gasteiger partial charge in [0.15, 0.2) is 0 Å². The van der Waals surface area contributed by atoms with Crippen molar-refractivity contribution in [2.75, 3.05) is 11.5 Å². The number of rotatable bonds is 3. The van der Waals surface area contributed by atoms with Gasteiger partial charge in [-0.05, 0) is 24.5 Å². The molecule has 0 amide bonds. The quantitative estimate of drug-likeness (QED) is 0.848. The van der Waals surface area contributed by atoms with Crippen molar-refractivity contribution in [1.82, 2.24) is 9.88 Å². The van der Waals surface area contributed by atoms with E-state index in [1.54, 1.807) is 0 Å². The summed E-state index contributed by atoms with van der Waals surface area (Å²) >= 11 is 0. The van der Waals surface area contributed by atoms with Gasteiger partial charge in [-0.15, -0.1) is 0 Å². The summed E-state index contributed by atoms with van der Waals surface area (Å²) in [4.78, 5) is 0. The molecule has 0 aliphatic carbocycles. The maximum atomic E-state index is 11.2. The zero-order chi connectivity index (χ0) is 11.6. The molecule has 5 heteroatoms. The highest BCUT2D eigenvalue weighted by atomic mass is 32.2. The molecule has 1 fully saturated rings. The summed E-state index contributed by atoms with van der Waals surface area (Å²) in [5, 5.41) is 3.41. The molecule has 0 aromatic carbocycles. The van der Waals surface area contributed by atoms with Crippen LogP contribution in [0.4, 0.5) is 0 Å². The van der Waals surface area contributed by atoms with Crippen LogP contribution < -0.4 is 5.32 Å². The zero-order valence-corrected chi connectivity index (χ0v) is 10.3. The van der Waals surface area contributed by atoms with E-state index in [9.17, 15) is 8.42 Å². The minimum absolute atomic E-state index is 0.333. The molecule has 2 rings (SSSR count). The molecule has 0 radical (unpaired) electrons. The van der Waals surface area contributed by atoms with Gasteiger partial charge in [0.1, 0.15) is 9.84 Å². The van der Waals surface area contributed by atoms with Crippen LogP contribution in [-0.2, 0) is 23.4 Å². The molecule has 0 bridgehead atoms. The average molecular weight is 242 g/mol. The molecular formula is C11H18N2O2S. The highest BCUT2D eigenvalue weighted by Gasteiger charge is 2.22. The molecular weight excluding hydrogens is 224 g/mol. The minimum atomic E-state index is -2.74. The van der Waals surface area contributed by atoms with Crippen molar-refractivity contribution < 1.29 is 8.42 Å². The van der Waals surface area contributed by atoms with Crippen molar-refractivity contribution in [3.8, 4) is 0 Å². The summed E-state index contributed by atoms with van der Waals surface area (Å²) in [6, 6.07) is 2.43. The Morgan fingerprint density at radius 2 is 2.12 bits per heavy atom. The molecule has 1 aromatic heterocycles. The van der Waals surface area contributed by atoms with Crippen LogP contribution in [-0.4, -0.2) is 30.5 Å². The lowest BCUT2D eigenvalue weighted by Gasteiger charge is -2.22. The third kappa shape index (κ3) is 3.09. The van der Waals surface area contributed by atoms with Gasteiger partial charge in [-0.3, -0.25) is 0 Å². The van der Waals surface area contributed by atoms with E-state index in [-0.39, 0.29) is 0 Å². The molecule has 0 atom stereocenters. The van der Waals surface area contributed by atoms with Gasteiger partial charge >= 0.3 is 0 Å². The van der Waals surface area contributed by atoms with Crippen molar-refractivity contribution >= 4 is 9.84 Å². The Balaban J connectivity index is 1.80. The third-order valence-electron chi connectivity index (χ3n) is 3.04. The van der Waals surface area contributed by atoms with E-state index >= 15 is 0 Å². The van der Waals surface area contributed by atoms with Gasteiger partial charge in [-0.2, -0.15) is 0 Å². The number of hydrogen-bond donors (Lipinski definition) is 1. The van der Waals surface area contributed by atoms with Gasteiger partial charge in [-0.1, -0.05) is 0 Å². The molecule has 1 aromatic rings. The van der Waals surface area contributed by atoms with Gasteiger partial charge < -0.3 is 9.88 Å². The second-order valence-electron chi connectivity index (χ2n) is 4.49. The Kier molecular flexibility index (Phi) is 3.35. The van der Waals surface area contributed by atoms with E-state index in [0.29, 0.717) is 17.5 Å². The van der Waals surface area contributed by atoms with E-state index in [0.717, 1.165) is 19.4 Å². The Bertz CT molecular complexity index is 436. The number of aryl methyl sites for hydroxylation is 1. The Morgan fingerprint density at radius 3 is 2.69 bits per heavy atom. The molecule has 0 spiro atoms. The molecule has 16 heavy (non-hydrogen) atoms. The summed E-state index contributed by atoms with van der Waals surface area (Å²) in [5.41, 5.74) is 1.25. The van der Waals surface area contributed by atoms with E-state index in [1.165, 1.54) is 5.56 Å². The predicted octanol–water partition coefficient (Wildman–Crippen LogP) is 0.692. The Labute approximate surface area is 96.6 Å². The van der Waals surface area contributed by atoms with Crippen LogP contribution in [0.15, 0.2) is 18.5 Å². The van der Waals surface area contributed by atoms with Crippen molar-refractivity contribution in [2.45, 2.75) is 25.4 Å². The second-order valence-corrected chi connectivity index (χ2v) is 6.80. The number of nitrogens with one attached hydrogen (secondary N) is 1. The van der Waals surface area contributed by atoms with Crippen LogP contribution in [0.25, 0.3) is 0 Å². The summed E-state index contributed by atoms with van der Waals surface area (Å²) < 4.78 is 24.5. The standard InChI is InChI=1S/C11H18N2O2S/c1-13-5-2-10(9-13)8-12-11-3-6-16(14,15)7-4-11/h2,5,9,11-12H,3-4,6-8H2,1H3. The first-order chi connectivity index (χ1) is 7.55. The number of nitrogens with zero attached hydrogens (tertiary/aromatic N) is 1. The molecule has 90 valence electrons. The summed E-state index contributed by atoms with van der Waals surface area (Å²) in [7, 11) is -0.742. The van der Waals surface area contributed by atoms with E-state index < -0.39 is 9.84 Å². The predicted molar refractivity (Wildman–Crippen MR) is 63.9 cm³/mol. The first kappa shape index (κ1) is 11.7. The van der Waals surface area contributed by atoms with Gasteiger partial charge in [0.2, 0.25) is 0 Å².